The van der Waals surface area contributed by atoms with Gasteiger partial charge in [0.25, 0.3) is 0 Å². The molecule has 0 fully saturated rings. The maximum atomic E-state index is 2.37. The molecule has 6 rings (SSSR count). The second-order valence-electron chi connectivity index (χ2n) is 8.15. The Hall–Kier alpha value is -4.16. The van der Waals surface area contributed by atoms with Gasteiger partial charge in [-0.15, -0.1) is 0 Å². The van der Waals surface area contributed by atoms with Crippen LogP contribution in [0.4, 0.5) is 0 Å². The van der Waals surface area contributed by atoms with E-state index < -0.39 is 0 Å². The van der Waals surface area contributed by atoms with Crippen LogP contribution in [-0.2, 0) is 0 Å². The summed E-state index contributed by atoms with van der Waals surface area (Å²) >= 11 is 0. The van der Waals surface area contributed by atoms with Gasteiger partial charge in [-0.25, -0.2) is 0 Å². The predicted molar refractivity (Wildman–Crippen MR) is 149 cm³/mol. The molecule has 0 unspecified atom stereocenters. The summed E-state index contributed by atoms with van der Waals surface area (Å²) in [6.07, 6.45) is 0. The first-order chi connectivity index (χ1) is 16.9. The molecular weight excluding hydrogens is 408 g/mol. The minimum Gasteiger partial charge on any atom is -0.0683 e. The Bertz CT molecular complexity index is 1530. The lowest BCUT2D eigenvalue weighted by atomic mass is 9.85. The number of rotatable bonds is 3. The monoisotopic (exact) mass is 436 g/mol. The molecule has 0 aliphatic rings. The van der Waals surface area contributed by atoms with E-state index in [0.717, 1.165) is 0 Å². The molecule has 0 bridgehead atoms. The van der Waals surface area contributed by atoms with Crippen LogP contribution in [0, 0.1) is 0 Å². The van der Waals surface area contributed by atoms with Gasteiger partial charge in [-0.05, 0) is 61.0 Å². The molecule has 0 nitrogen and oxygen atoms in total. The maximum Gasteiger partial charge on any atom is -0.00262 e. The van der Waals surface area contributed by atoms with Gasteiger partial charge in [0.05, 0.1) is 0 Å². The molecule has 0 spiro atoms. The van der Waals surface area contributed by atoms with Crippen molar-refractivity contribution in [1.29, 1.82) is 0 Å². The van der Waals surface area contributed by atoms with Crippen LogP contribution in [0.3, 0.4) is 0 Å². The molecule has 0 amide bonds. The SMILES string of the molecule is CC.c1ccc(-c2ccc3c(-c4ccccc4)c4ccccc4c(-c4ccccc4)c3c2)cc1. The highest BCUT2D eigenvalue weighted by Crippen LogP contribution is 2.44. The molecular formula is C34H28. The van der Waals surface area contributed by atoms with Crippen molar-refractivity contribution in [2.45, 2.75) is 13.8 Å². The third-order valence-electron chi connectivity index (χ3n) is 6.26. The van der Waals surface area contributed by atoms with E-state index in [2.05, 4.69) is 133 Å². The van der Waals surface area contributed by atoms with Crippen LogP contribution >= 0.6 is 0 Å². The molecule has 6 aromatic rings. The van der Waals surface area contributed by atoms with Crippen LogP contribution in [0.25, 0.3) is 54.9 Å². The van der Waals surface area contributed by atoms with Crippen LogP contribution in [0.2, 0.25) is 0 Å². The van der Waals surface area contributed by atoms with E-state index in [1.807, 2.05) is 13.8 Å². The predicted octanol–water partition coefficient (Wildman–Crippen LogP) is 10.0. The first kappa shape index (κ1) is 21.7. The lowest BCUT2D eigenvalue weighted by molar-refractivity contribution is 1.50. The fourth-order valence-electron chi connectivity index (χ4n) is 4.82. The lowest BCUT2D eigenvalue weighted by Gasteiger charge is -2.18. The van der Waals surface area contributed by atoms with Gasteiger partial charge in [0.2, 0.25) is 0 Å². The fourth-order valence-corrected chi connectivity index (χ4v) is 4.82. The molecule has 0 aromatic heterocycles. The summed E-state index contributed by atoms with van der Waals surface area (Å²) in [6, 6.07) is 47.9. The summed E-state index contributed by atoms with van der Waals surface area (Å²) in [6.45, 7) is 4.00. The number of fused-ring (bicyclic) bond motifs is 2. The minimum absolute atomic E-state index is 1.24. The summed E-state index contributed by atoms with van der Waals surface area (Å²) in [5.74, 6) is 0. The zero-order valence-electron chi connectivity index (χ0n) is 19.7. The Morgan fingerprint density at radius 3 is 1.18 bits per heavy atom. The van der Waals surface area contributed by atoms with Crippen molar-refractivity contribution in [3.05, 3.63) is 133 Å². The maximum absolute atomic E-state index is 2.37. The minimum atomic E-state index is 1.24. The molecule has 6 aromatic carbocycles. The topological polar surface area (TPSA) is 0 Å². The first-order valence-corrected chi connectivity index (χ1v) is 12.0. The summed E-state index contributed by atoms with van der Waals surface area (Å²) in [7, 11) is 0. The van der Waals surface area contributed by atoms with E-state index in [-0.39, 0.29) is 0 Å². The molecule has 0 aliphatic carbocycles. The second-order valence-corrected chi connectivity index (χ2v) is 8.15. The highest BCUT2D eigenvalue weighted by atomic mass is 14.2. The van der Waals surface area contributed by atoms with Gasteiger partial charge in [0.15, 0.2) is 0 Å². The van der Waals surface area contributed by atoms with E-state index in [1.165, 1.54) is 54.9 Å². The summed E-state index contributed by atoms with van der Waals surface area (Å²) in [4.78, 5) is 0. The molecule has 0 radical (unpaired) electrons. The molecule has 0 saturated carbocycles. The fraction of sp³-hybridized carbons (Fsp3) is 0.0588. The van der Waals surface area contributed by atoms with Gasteiger partial charge in [0, 0.05) is 0 Å². The summed E-state index contributed by atoms with van der Waals surface area (Å²) < 4.78 is 0. The molecule has 0 atom stereocenters. The Morgan fingerprint density at radius 2 is 0.676 bits per heavy atom. The highest BCUT2D eigenvalue weighted by Gasteiger charge is 2.17. The van der Waals surface area contributed by atoms with Gasteiger partial charge in [0.1, 0.15) is 0 Å². The average Bonchev–Trinajstić information content (AvgIpc) is 2.94. The Morgan fingerprint density at radius 1 is 0.294 bits per heavy atom. The first-order valence-electron chi connectivity index (χ1n) is 12.0. The van der Waals surface area contributed by atoms with Crippen molar-refractivity contribution < 1.29 is 0 Å². The Kier molecular flexibility index (Phi) is 6.23. The van der Waals surface area contributed by atoms with E-state index >= 15 is 0 Å². The van der Waals surface area contributed by atoms with Crippen LogP contribution in [0.15, 0.2) is 133 Å². The number of hydrogen-bond donors (Lipinski definition) is 0. The Balaban J connectivity index is 0.00000117. The number of benzene rings is 6. The van der Waals surface area contributed by atoms with Gasteiger partial charge in [-0.1, -0.05) is 141 Å². The van der Waals surface area contributed by atoms with Gasteiger partial charge < -0.3 is 0 Å². The van der Waals surface area contributed by atoms with Crippen LogP contribution in [0.5, 0.6) is 0 Å². The largest absolute Gasteiger partial charge is 0.0683 e. The quantitative estimate of drug-likeness (QED) is 0.242. The molecule has 34 heavy (non-hydrogen) atoms. The van der Waals surface area contributed by atoms with Crippen molar-refractivity contribution in [1.82, 2.24) is 0 Å². The Labute approximate surface area is 202 Å². The molecule has 0 saturated heterocycles. The second kappa shape index (κ2) is 9.77. The average molecular weight is 437 g/mol. The zero-order valence-corrected chi connectivity index (χ0v) is 19.7. The molecule has 0 heterocycles. The van der Waals surface area contributed by atoms with Crippen molar-refractivity contribution >= 4 is 21.5 Å². The summed E-state index contributed by atoms with van der Waals surface area (Å²) in [5, 5.41) is 5.15. The van der Waals surface area contributed by atoms with Crippen molar-refractivity contribution in [3.8, 4) is 33.4 Å². The lowest BCUT2D eigenvalue weighted by Crippen LogP contribution is -1.91. The summed E-state index contributed by atoms with van der Waals surface area (Å²) in [5.41, 5.74) is 7.58. The van der Waals surface area contributed by atoms with E-state index in [0.29, 0.717) is 0 Å². The van der Waals surface area contributed by atoms with E-state index in [1.54, 1.807) is 0 Å². The van der Waals surface area contributed by atoms with E-state index in [4.69, 9.17) is 0 Å². The van der Waals surface area contributed by atoms with Crippen LogP contribution in [-0.4, -0.2) is 0 Å². The molecule has 164 valence electrons. The third-order valence-corrected chi connectivity index (χ3v) is 6.26. The standard InChI is InChI=1S/C32H22.C2H6/c1-4-12-23(13-5-1)26-20-21-29-30(22-26)32(25-16-8-3-9-17-25)28-19-11-10-18-27(28)31(29)24-14-6-2-7-15-24;1-2/h1-22H;1-2H3. The van der Waals surface area contributed by atoms with Gasteiger partial charge in [-0.3, -0.25) is 0 Å². The normalized spacial score (nSPS) is 10.6. The van der Waals surface area contributed by atoms with Crippen molar-refractivity contribution in [2.75, 3.05) is 0 Å². The zero-order chi connectivity index (χ0) is 23.3. The molecule has 0 N–H and O–H groups in total. The van der Waals surface area contributed by atoms with E-state index in [9.17, 15) is 0 Å². The van der Waals surface area contributed by atoms with Gasteiger partial charge in [-0.2, -0.15) is 0 Å². The van der Waals surface area contributed by atoms with Crippen molar-refractivity contribution in [3.63, 3.8) is 0 Å². The van der Waals surface area contributed by atoms with Crippen molar-refractivity contribution in [2.24, 2.45) is 0 Å². The molecule has 0 heteroatoms. The van der Waals surface area contributed by atoms with Crippen LogP contribution in [0.1, 0.15) is 13.8 Å². The number of hydrogen-bond acceptors (Lipinski definition) is 0. The highest BCUT2D eigenvalue weighted by molar-refractivity contribution is 6.21. The smallest absolute Gasteiger partial charge is 0.00262 e. The van der Waals surface area contributed by atoms with Crippen LogP contribution < -0.4 is 0 Å². The third kappa shape index (κ3) is 3.89. The molecule has 0 aliphatic heterocycles. The van der Waals surface area contributed by atoms with Gasteiger partial charge >= 0.3 is 0 Å².